The highest BCUT2D eigenvalue weighted by Crippen LogP contribution is 2.52. The van der Waals surface area contributed by atoms with E-state index in [9.17, 15) is 15.3 Å². The van der Waals surface area contributed by atoms with E-state index in [0.29, 0.717) is 12.3 Å². The van der Waals surface area contributed by atoms with E-state index in [-0.39, 0.29) is 17.6 Å². The SMILES string of the molecule is CC1=C(/C=C/C2=C[C@H](O)C[C@]3(C)[C@H](O)CC[C@@H]23)C[C@@H](O)CC1. The van der Waals surface area contributed by atoms with E-state index in [0.717, 1.165) is 37.7 Å². The zero-order valence-corrected chi connectivity index (χ0v) is 13.6. The Morgan fingerprint density at radius 3 is 2.68 bits per heavy atom. The number of rotatable bonds is 2. The molecule has 0 heterocycles. The number of fused-ring (bicyclic) bond motifs is 1. The van der Waals surface area contributed by atoms with E-state index in [1.165, 1.54) is 11.1 Å². The molecule has 0 aromatic carbocycles. The third-order valence-corrected chi connectivity index (χ3v) is 6.06. The molecule has 0 spiro atoms. The topological polar surface area (TPSA) is 60.7 Å². The zero-order chi connectivity index (χ0) is 15.9. The van der Waals surface area contributed by atoms with Crippen molar-refractivity contribution >= 4 is 0 Å². The van der Waals surface area contributed by atoms with Crippen LogP contribution in [0.25, 0.3) is 0 Å². The van der Waals surface area contributed by atoms with Gasteiger partial charge in [-0.1, -0.05) is 30.7 Å². The highest BCUT2D eigenvalue weighted by Gasteiger charge is 2.49. The zero-order valence-electron chi connectivity index (χ0n) is 13.6. The van der Waals surface area contributed by atoms with Gasteiger partial charge in [0.25, 0.3) is 0 Å². The van der Waals surface area contributed by atoms with Gasteiger partial charge in [-0.3, -0.25) is 0 Å². The molecule has 22 heavy (non-hydrogen) atoms. The van der Waals surface area contributed by atoms with E-state index in [1.807, 2.05) is 6.08 Å². The Bertz CT molecular complexity index is 531. The summed E-state index contributed by atoms with van der Waals surface area (Å²) in [6, 6.07) is 0. The van der Waals surface area contributed by atoms with Crippen LogP contribution in [0.15, 0.2) is 34.9 Å². The lowest BCUT2D eigenvalue weighted by molar-refractivity contribution is 0.00663. The molecule has 5 atom stereocenters. The van der Waals surface area contributed by atoms with Gasteiger partial charge in [0.05, 0.1) is 18.3 Å². The quantitative estimate of drug-likeness (QED) is 0.735. The minimum Gasteiger partial charge on any atom is -0.393 e. The average Bonchev–Trinajstić information content (AvgIpc) is 2.75. The Hall–Kier alpha value is -0.900. The molecule has 1 saturated carbocycles. The van der Waals surface area contributed by atoms with Gasteiger partial charge in [0, 0.05) is 5.41 Å². The molecule has 3 nitrogen and oxygen atoms in total. The van der Waals surface area contributed by atoms with Crippen LogP contribution >= 0.6 is 0 Å². The second-order valence-corrected chi connectivity index (χ2v) is 7.63. The first-order valence-corrected chi connectivity index (χ1v) is 8.53. The van der Waals surface area contributed by atoms with E-state index >= 15 is 0 Å². The van der Waals surface area contributed by atoms with Crippen molar-refractivity contribution in [2.24, 2.45) is 11.3 Å². The van der Waals surface area contributed by atoms with E-state index in [4.69, 9.17) is 0 Å². The lowest BCUT2D eigenvalue weighted by atomic mass is 9.67. The number of allylic oxidation sites excluding steroid dienone is 4. The third kappa shape index (κ3) is 2.82. The van der Waals surface area contributed by atoms with Crippen LogP contribution in [0.3, 0.4) is 0 Å². The molecule has 3 aliphatic carbocycles. The number of aliphatic hydroxyl groups excluding tert-OH is 3. The maximum absolute atomic E-state index is 10.3. The second-order valence-electron chi connectivity index (χ2n) is 7.63. The van der Waals surface area contributed by atoms with Crippen LogP contribution < -0.4 is 0 Å². The summed E-state index contributed by atoms with van der Waals surface area (Å²) >= 11 is 0. The number of hydrogen-bond donors (Lipinski definition) is 3. The van der Waals surface area contributed by atoms with Gasteiger partial charge >= 0.3 is 0 Å². The molecular weight excluding hydrogens is 276 g/mol. The van der Waals surface area contributed by atoms with Gasteiger partial charge in [0.2, 0.25) is 0 Å². The lowest BCUT2D eigenvalue weighted by Gasteiger charge is -2.40. The second kappa shape index (κ2) is 5.95. The smallest absolute Gasteiger partial charge is 0.0733 e. The van der Waals surface area contributed by atoms with Gasteiger partial charge < -0.3 is 15.3 Å². The van der Waals surface area contributed by atoms with E-state index < -0.39 is 6.10 Å². The molecule has 3 aliphatic rings. The third-order valence-electron chi connectivity index (χ3n) is 6.06. The number of aliphatic hydroxyl groups is 3. The first-order valence-electron chi connectivity index (χ1n) is 8.53. The van der Waals surface area contributed by atoms with Crippen molar-refractivity contribution in [3.63, 3.8) is 0 Å². The predicted molar refractivity (Wildman–Crippen MR) is 87.2 cm³/mol. The Morgan fingerprint density at radius 2 is 1.91 bits per heavy atom. The van der Waals surface area contributed by atoms with Gasteiger partial charge in [0.15, 0.2) is 0 Å². The van der Waals surface area contributed by atoms with Crippen molar-refractivity contribution in [2.75, 3.05) is 0 Å². The van der Waals surface area contributed by atoms with Crippen LogP contribution in [0, 0.1) is 11.3 Å². The highest BCUT2D eigenvalue weighted by atomic mass is 16.3. The first-order chi connectivity index (χ1) is 10.4. The summed E-state index contributed by atoms with van der Waals surface area (Å²) in [7, 11) is 0. The van der Waals surface area contributed by atoms with Crippen molar-refractivity contribution in [3.05, 3.63) is 34.9 Å². The van der Waals surface area contributed by atoms with Crippen LogP contribution in [0.5, 0.6) is 0 Å². The molecule has 3 rings (SSSR count). The molecule has 0 aliphatic heterocycles. The lowest BCUT2D eigenvalue weighted by Crippen LogP contribution is -2.39. The molecule has 0 amide bonds. The van der Waals surface area contributed by atoms with Crippen LogP contribution in [0.2, 0.25) is 0 Å². The van der Waals surface area contributed by atoms with Crippen LogP contribution in [0.4, 0.5) is 0 Å². The molecule has 3 N–H and O–H groups in total. The maximum Gasteiger partial charge on any atom is 0.0733 e. The van der Waals surface area contributed by atoms with Crippen LogP contribution in [-0.4, -0.2) is 33.6 Å². The largest absolute Gasteiger partial charge is 0.393 e. The van der Waals surface area contributed by atoms with Gasteiger partial charge in [0.1, 0.15) is 0 Å². The summed E-state index contributed by atoms with van der Waals surface area (Å²) in [6.07, 6.45) is 10.2. The normalized spacial score (nSPS) is 42.7. The summed E-state index contributed by atoms with van der Waals surface area (Å²) in [4.78, 5) is 0. The first kappa shape index (κ1) is 16.0. The summed E-state index contributed by atoms with van der Waals surface area (Å²) in [5.41, 5.74) is 3.52. The highest BCUT2D eigenvalue weighted by molar-refractivity contribution is 5.37. The Kier molecular flexibility index (Phi) is 4.32. The molecule has 1 fully saturated rings. The van der Waals surface area contributed by atoms with Gasteiger partial charge in [-0.2, -0.15) is 0 Å². The predicted octanol–water partition coefficient (Wildman–Crippen LogP) is 2.87. The maximum atomic E-state index is 10.3. The van der Waals surface area contributed by atoms with Crippen molar-refractivity contribution in [1.82, 2.24) is 0 Å². The summed E-state index contributed by atoms with van der Waals surface area (Å²) in [5.74, 6) is 0.330. The summed E-state index contributed by atoms with van der Waals surface area (Å²) < 4.78 is 0. The fourth-order valence-corrected chi connectivity index (χ4v) is 4.54. The van der Waals surface area contributed by atoms with E-state index in [2.05, 4.69) is 26.0 Å². The van der Waals surface area contributed by atoms with Gasteiger partial charge in [-0.15, -0.1) is 0 Å². The fourth-order valence-electron chi connectivity index (χ4n) is 4.54. The van der Waals surface area contributed by atoms with Gasteiger partial charge in [-0.05, 0) is 62.5 Å². The average molecular weight is 304 g/mol. The molecule has 0 bridgehead atoms. The Balaban J connectivity index is 1.84. The van der Waals surface area contributed by atoms with E-state index in [1.54, 1.807) is 0 Å². The Labute approximate surface area is 133 Å². The monoisotopic (exact) mass is 304 g/mol. The van der Waals surface area contributed by atoms with Crippen molar-refractivity contribution in [3.8, 4) is 0 Å². The van der Waals surface area contributed by atoms with Crippen molar-refractivity contribution < 1.29 is 15.3 Å². The molecule has 3 heteroatoms. The number of hydrogen-bond acceptors (Lipinski definition) is 3. The van der Waals surface area contributed by atoms with Crippen molar-refractivity contribution in [2.45, 2.75) is 70.7 Å². The molecule has 0 saturated heterocycles. The Morgan fingerprint density at radius 1 is 1.14 bits per heavy atom. The minimum atomic E-state index is -0.472. The fraction of sp³-hybridized carbons (Fsp3) is 0.684. The molecule has 0 aromatic heterocycles. The summed E-state index contributed by atoms with van der Waals surface area (Å²) in [6.45, 7) is 4.24. The molecule has 0 aromatic rings. The molecule has 122 valence electrons. The minimum absolute atomic E-state index is 0.205. The van der Waals surface area contributed by atoms with Gasteiger partial charge in [-0.25, -0.2) is 0 Å². The van der Waals surface area contributed by atoms with Crippen LogP contribution in [0.1, 0.15) is 52.4 Å². The molecule has 0 radical (unpaired) electrons. The summed E-state index contributed by atoms with van der Waals surface area (Å²) in [5, 5.41) is 30.3. The standard InChI is InChI=1S/C19H28O3/c1-12-3-6-15(20)9-13(12)4-5-14-10-16(21)11-19(2)17(14)7-8-18(19)22/h4-5,10,15-18,20-22H,3,6-9,11H2,1-2H3/b5-4+/t15-,16-,17-,18+,19-/m0/s1. The molecular formula is C19H28O3. The van der Waals surface area contributed by atoms with Crippen LogP contribution in [-0.2, 0) is 0 Å². The molecule has 0 unspecified atom stereocenters. The van der Waals surface area contributed by atoms with Crippen molar-refractivity contribution in [1.29, 1.82) is 0 Å².